The molecule has 4 nitrogen and oxygen atoms in total. The van der Waals surface area contributed by atoms with Crippen molar-refractivity contribution < 1.29 is 26.3 Å². The molecule has 2 rings (SSSR count). The van der Waals surface area contributed by atoms with Crippen molar-refractivity contribution in [3.63, 3.8) is 0 Å². The SMILES string of the molecule is N#Cc1[nH]n(-c2c(Cl)cc(C(F)(F)F)cc2Cl)c(=O)c1SC(F)(F)F. The Hall–Kier alpha value is -1.77. The second-order valence-electron chi connectivity index (χ2n) is 4.40. The fourth-order valence-corrected chi connectivity index (χ4v) is 3.07. The third kappa shape index (κ3) is 4.08. The van der Waals surface area contributed by atoms with Gasteiger partial charge in [-0.25, -0.2) is 4.68 Å². The molecule has 25 heavy (non-hydrogen) atoms. The first-order chi connectivity index (χ1) is 11.3. The summed E-state index contributed by atoms with van der Waals surface area (Å²) in [4.78, 5) is 11.1. The number of nitrogens with one attached hydrogen (secondary N) is 1. The monoisotopic (exact) mass is 421 g/mol. The molecule has 1 aromatic heterocycles. The highest BCUT2D eigenvalue weighted by molar-refractivity contribution is 8.00. The highest BCUT2D eigenvalue weighted by Crippen LogP contribution is 2.39. The van der Waals surface area contributed by atoms with Gasteiger partial charge in [-0.3, -0.25) is 9.89 Å². The zero-order chi connectivity index (χ0) is 19.2. The van der Waals surface area contributed by atoms with Gasteiger partial charge in [-0.2, -0.15) is 31.6 Å². The van der Waals surface area contributed by atoms with Crippen molar-refractivity contribution in [2.75, 3.05) is 0 Å². The molecule has 0 spiro atoms. The first-order valence-electron chi connectivity index (χ1n) is 5.92. The van der Waals surface area contributed by atoms with E-state index in [4.69, 9.17) is 28.5 Å². The van der Waals surface area contributed by atoms with Crippen molar-refractivity contribution >= 4 is 35.0 Å². The Morgan fingerprint density at radius 1 is 1.12 bits per heavy atom. The number of H-pyrrole nitrogens is 1. The zero-order valence-electron chi connectivity index (χ0n) is 11.4. The van der Waals surface area contributed by atoms with E-state index in [1.165, 1.54) is 6.07 Å². The molecule has 0 fully saturated rings. The third-order valence-corrected chi connectivity index (χ3v) is 4.14. The average molecular weight is 422 g/mol. The number of nitrogens with zero attached hydrogens (tertiary/aromatic N) is 2. The third-order valence-electron chi connectivity index (χ3n) is 2.75. The van der Waals surface area contributed by atoms with Crippen LogP contribution in [0.15, 0.2) is 21.8 Å². The van der Waals surface area contributed by atoms with Crippen LogP contribution in [0.3, 0.4) is 0 Å². The molecular formula is C12H3Cl2F6N3OS. The fraction of sp³-hybridized carbons (Fsp3) is 0.167. The summed E-state index contributed by atoms with van der Waals surface area (Å²) >= 11 is 10.6. The molecule has 1 heterocycles. The standard InChI is InChI=1S/C12H3Cl2F6N3OS/c13-5-1-4(11(15,16)17)2-6(14)8(5)23-10(24)9(7(3-21)22-23)25-12(18,19)20/h1-2,22H. The summed E-state index contributed by atoms with van der Waals surface area (Å²) in [6, 6.07) is 2.27. The first kappa shape index (κ1) is 19.6. The lowest BCUT2D eigenvalue weighted by Crippen LogP contribution is -2.18. The molecule has 0 saturated heterocycles. The van der Waals surface area contributed by atoms with Gasteiger partial charge in [0.15, 0.2) is 5.69 Å². The number of hydrogen-bond acceptors (Lipinski definition) is 3. The van der Waals surface area contributed by atoms with Crippen LogP contribution >= 0.6 is 35.0 Å². The first-order valence-corrected chi connectivity index (χ1v) is 7.50. The minimum atomic E-state index is -4.86. The van der Waals surface area contributed by atoms with Gasteiger partial charge in [0.05, 0.1) is 15.6 Å². The smallest absolute Gasteiger partial charge is 0.280 e. The summed E-state index contributed by atoms with van der Waals surface area (Å²) in [5.41, 5.74) is -8.65. The number of aromatic amines is 1. The van der Waals surface area contributed by atoms with Crippen LogP contribution in [0.5, 0.6) is 0 Å². The van der Waals surface area contributed by atoms with E-state index in [0.29, 0.717) is 16.8 Å². The normalized spacial score (nSPS) is 12.3. The Labute approximate surface area is 148 Å². The summed E-state index contributed by atoms with van der Waals surface area (Å²) in [6.07, 6.45) is -4.78. The molecule has 2 aromatic rings. The molecule has 0 aliphatic heterocycles. The van der Waals surface area contributed by atoms with Crippen LogP contribution in [0.4, 0.5) is 26.3 Å². The van der Waals surface area contributed by atoms with Gasteiger partial charge in [0.25, 0.3) is 5.56 Å². The molecule has 0 bridgehead atoms. The molecule has 0 aliphatic carbocycles. The second-order valence-corrected chi connectivity index (χ2v) is 6.29. The van der Waals surface area contributed by atoms with E-state index < -0.39 is 60.9 Å². The molecule has 0 atom stereocenters. The molecule has 0 unspecified atom stereocenters. The molecule has 13 heteroatoms. The molecule has 0 aliphatic rings. The topological polar surface area (TPSA) is 61.6 Å². The predicted molar refractivity (Wildman–Crippen MR) is 78.0 cm³/mol. The fourth-order valence-electron chi connectivity index (χ4n) is 1.81. The van der Waals surface area contributed by atoms with Gasteiger partial charge in [-0.1, -0.05) is 23.2 Å². The van der Waals surface area contributed by atoms with E-state index in [1.807, 2.05) is 0 Å². The number of hydrogen-bond donors (Lipinski definition) is 1. The average Bonchev–Trinajstić information content (AvgIpc) is 2.73. The van der Waals surface area contributed by atoms with E-state index >= 15 is 0 Å². The van der Waals surface area contributed by atoms with E-state index in [-0.39, 0.29) is 0 Å². The second kappa shape index (κ2) is 6.51. The minimum absolute atomic E-state index is 0.386. The zero-order valence-corrected chi connectivity index (χ0v) is 13.7. The van der Waals surface area contributed by atoms with Crippen LogP contribution in [-0.4, -0.2) is 15.3 Å². The summed E-state index contributed by atoms with van der Waals surface area (Å²) in [5.74, 6) is 0. The summed E-state index contributed by atoms with van der Waals surface area (Å²) < 4.78 is 76.0. The molecule has 134 valence electrons. The maximum Gasteiger partial charge on any atom is 0.446 e. The van der Waals surface area contributed by atoms with Crippen molar-refractivity contribution in [3.8, 4) is 11.8 Å². The summed E-state index contributed by atoms with van der Waals surface area (Å²) in [7, 11) is 0. The van der Waals surface area contributed by atoms with Crippen LogP contribution in [0.2, 0.25) is 10.0 Å². The Morgan fingerprint density at radius 2 is 1.64 bits per heavy atom. The molecule has 1 N–H and O–H groups in total. The Kier molecular flexibility index (Phi) is 5.09. The molecule has 0 radical (unpaired) electrons. The molecule has 1 aromatic carbocycles. The lowest BCUT2D eigenvalue weighted by Gasteiger charge is -2.12. The molecule has 0 saturated carbocycles. The summed E-state index contributed by atoms with van der Waals surface area (Å²) in [6.45, 7) is 0. The molecular weight excluding hydrogens is 419 g/mol. The van der Waals surface area contributed by atoms with E-state index in [2.05, 4.69) is 5.10 Å². The highest BCUT2D eigenvalue weighted by atomic mass is 35.5. The lowest BCUT2D eigenvalue weighted by molar-refractivity contribution is -0.137. The van der Waals surface area contributed by atoms with E-state index in [1.54, 1.807) is 0 Å². The van der Waals surface area contributed by atoms with Crippen molar-refractivity contribution in [1.29, 1.82) is 5.26 Å². The quantitative estimate of drug-likeness (QED) is 0.549. The highest BCUT2D eigenvalue weighted by Gasteiger charge is 2.35. The van der Waals surface area contributed by atoms with Crippen molar-refractivity contribution in [3.05, 3.63) is 43.8 Å². The van der Waals surface area contributed by atoms with Gasteiger partial charge < -0.3 is 0 Å². The minimum Gasteiger partial charge on any atom is -0.280 e. The number of aromatic nitrogens is 2. The van der Waals surface area contributed by atoms with E-state index in [0.717, 1.165) is 0 Å². The van der Waals surface area contributed by atoms with Crippen molar-refractivity contribution in [2.45, 2.75) is 16.6 Å². The molecule has 0 amide bonds. The Morgan fingerprint density at radius 3 is 2.04 bits per heavy atom. The van der Waals surface area contributed by atoms with Crippen LogP contribution in [0.25, 0.3) is 5.69 Å². The van der Waals surface area contributed by atoms with Crippen LogP contribution in [0.1, 0.15) is 11.3 Å². The largest absolute Gasteiger partial charge is 0.446 e. The number of alkyl halides is 6. The van der Waals surface area contributed by atoms with Crippen LogP contribution in [0, 0.1) is 11.3 Å². The lowest BCUT2D eigenvalue weighted by atomic mass is 10.2. The Bertz CT molecular complexity index is 902. The predicted octanol–water partition coefficient (Wildman–Crippen LogP) is 4.97. The van der Waals surface area contributed by atoms with Gasteiger partial charge in [0, 0.05) is 0 Å². The van der Waals surface area contributed by atoms with Gasteiger partial charge >= 0.3 is 11.7 Å². The van der Waals surface area contributed by atoms with Gasteiger partial charge in [-0.15, -0.1) is 0 Å². The van der Waals surface area contributed by atoms with Gasteiger partial charge in [0.2, 0.25) is 0 Å². The van der Waals surface area contributed by atoms with E-state index in [9.17, 15) is 31.1 Å². The maximum atomic E-state index is 12.7. The van der Waals surface area contributed by atoms with Gasteiger partial charge in [0.1, 0.15) is 16.7 Å². The number of thioether (sulfide) groups is 1. The van der Waals surface area contributed by atoms with Crippen LogP contribution < -0.4 is 5.56 Å². The number of nitriles is 1. The number of halogens is 8. The maximum absolute atomic E-state index is 12.7. The van der Waals surface area contributed by atoms with Crippen molar-refractivity contribution in [2.24, 2.45) is 0 Å². The van der Waals surface area contributed by atoms with Crippen LogP contribution in [-0.2, 0) is 6.18 Å². The van der Waals surface area contributed by atoms with Crippen molar-refractivity contribution in [1.82, 2.24) is 9.78 Å². The number of rotatable bonds is 2. The number of benzene rings is 1. The van der Waals surface area contributed by atoms with Gasteiger partial charge in [-0.05, 0) is 23.9 Å². The Balaban J connectivity index is 2.69. The summed E-state index contributed by atoms with van der Waals surface area (Å²) in [5, 5.41) is 9.63.